The van der Waals surface area contributed by atoms with E-state index in [0.717, 1.165) is 9.35 Å². The van der Waals surface area contributed by atoms with Gasteiger partial charge in [-0.15, -0.1) is 11.3 Å². The second-order valence-corrected chi connectivity index (χ2v) is 5.58. The van der Waals surface area contributed by atoms with E-state index < -0.39 is 5.97 Å². The highest BCUT2D eigenvalue weighted by molar-refractivity contribution is 9.10. The lowest BCUT2D eigenvalue weighted by atomic mass is 10.0. The molecule has 0 bridgehead atoms. The van der Waals surface area contributed by atoms with E-state index in [0.29, 0.717) is 11.1 Å². The Morgan fingerprint density at radius 1 is 1.32 bits per heavy atom. The lowest BCUT2D eigenvalue weighted by Gasteiger charge is -1.99. The predicted octanol–water partition coefficient (Wildman–Crippen LogP) is 4.27. The quantitative estimate of drug-likeness (QED) is 0.853. The van der Waals surface area contributed by atoms with Gasteiger partial charge in [0.05, 0.1) is 17.2 Å². The van der Waals surface area contributed by atoms with Gasteiger partial charge in [-0.25, -0.2) is 4.79 Å². The number of carboxylic acid groups (broad SMARTS) is 1. The molecule has 0 aliphatic rings. The van der Waals surface area contributed by atoms with Crippen LogP contribution in [0.25, 0.3) is 11.6 Å². The number of nitriles is 1. The van der Waals surface area contributed by atoms with Gasteiger partial charge < -0.3 is 5.11 Å². The molecule has 0 saturated carbocycles. The van der Waals surface area contributed by atoms with Crippen LogP contribution in [0.4, 0.5) is 0 Å². The Hall–Kier alpha value is -1.90. The number of hydrogen-bond acceptors (Lipinski definition) is 3. The molecule has 0 fully saturated rings. The summed E-state index contributed by atoms with van der Waals surface area (Å²) in [6, 6.07) is 10.3. The van der Waals surface area contributed by atoms with Gasteiger partial charge in [-0.1, -0.05) is 12.1 Å². The van der Waals surface area contributed by atoms with Crippen molar-refractivity contribution in [2.45, 2.75) is 0 Å². The smallest absolute Gasteiger partial charge is 0.335 e. The molecule has 19 heavy (non-hydrogen) atoms. The molecule has 0 unspecified atom stereocenters. The molecule has 1 heterocycles. The SMILES string of the molecule is N#CC(=Cc1cc(Br)cs1)c1ccc(C(=O)O)cc1. The Balaban J connectivity index is 2.35. The molecule has 5 heteroatoms. The van der Waals surface area contributed by atoms with Crippen LogP contribution >= 0.6 is 27.3 Å². The molecular formula is C14H8BrNO2S. The van der Waals surface area contributed by atoms with E-state index in [4.69, 9.17) is 5.11 Å². The average Bonchev–Trinajstić information content (AvgIpc) is 2.81. The van der Waals surface area contributed by atoms with Gasteiger partial charge in [0.2, 0.25) is 0 Å². The summed E-state index contributed by atoms with van der Waals surface area (Å²) in [6.07, 6.45) is 1.78. The van der Waals surface area contributed by atoms with Crippen LogP contribution in [-0.2, 0) is 0 Å². The van der Waals surface area contributed by atoms with E-state index in [2.05, 4.69) is 22.0 Å². The molecule has 2 rings (SSSR count). The van der Waals surface area contributed by atoms with E-state index in [1.165, 1.54) is 23.5 Å². The third kappa shape index (κ3) is 3.31. The minimum Gasteiger partial charge on any atom is -0.478 e. The Labute approximate surface area is 122 Å². The van der Waals surface area contributed by atoms with Crippen molar-refractivity contribution in [1.82, 2.24) is 0 Å². The van der Waals surface area contributed by atoms with E-state index in [-0.39, 0.29) is 5.56 Å². The van der Waals surface area contributed by atoms with Gasteiger partial charge in [-0.05, 0) is 45.8 Å². The van der Waals surface area contributed by atoms with Crippen molar-refractivity contribution in [3.63, 3.8) is 0 Å². The molecule has 1 N–H and O–H groups in total. The van der Waals surface area contributed by atoms with Gasteiger partial charge in [-0.2, -0.15) is 5.26 Å². The number of thiophene rings is 1. The van der Waals surface area contributed by atoms with Gasteiger partial charge in [0.15, 0.2) is 0 Å². The van der Waals surface area contributed by atoms with E-state index in [9.17, 15) is 10.1 Å². The topological polar surface area (TPSA) is 61.1 Å². The van der Waals surface area contributed by atoms with Crippen LogP contribution < -0.4 is 0 Å². The molecule has 0 amide bonds. The van der Waals surface area contributed by atoms with Crippen molar-refractivity contribution in [2.24, 2.45) is 0 Å². The number of allylic oxidation sites excluding steroid dienone is 1. The third-order valence-electron chi connectivity index (χ3n) is 2.44. The van der Waals surface area contributed by atoms with Gasteiger partial charge in [0.1, 0.15) is 0 Å². The van der Waals surface area contributed by atoms with Crippen molar-refractivity contribution < 1.29 is 9.90 Å². The molecular weight excluding hydrogens is 326 g/mol. The fraction of sp³-hybridized carbons (Fsp3) is 0. The number of halogens is 1. The zero-order valence-corrected chi connectivity index (χ0v) is 12.0. The predicted molar refractivity (Wildman–Crippen MR) is 78.9 cm³/mol. The molecule has 3 nitrogen and oxygen atoms in total. The first-order valence-corrected chi connectivity index (χ1v) is 6.97. The minimum absolute atomic E-state index is 0.208. The van der Waals surface area contributed by atoms with Crippen LogP contribution in [0.5, 0.6) is 0 Å². The normalized spacial score (nSPS) is 11.1. The number of nitrogens with zero attached hydrogens (tertiary/aromatic N) is 1. The van der Waals surface area contributed by atoms with Crippen molar-refractivity contribution in [2.75, 3.05) is 0 Å². The van der Waals surface area contributed by atoms with Gasteiger partial charge in [0.25, 0.3) is 0 Å². The highest BCUT2D eigenvalue weighted by atomic mass is 79.9. The zero-order chi connectivity index (χ0) is 13.8. The summed E-state index contributed by atoms with van der Waals surface area (Å²) in [5.74, 6) is -0.976. The molecule has 0 aliphatic heterocycles. The molecule has 0 aliphatic carbocycles. The van der Waals surface area contributed by atoms with Gasteiger partial charge in [0, 0.05) is 14.7 Å². The summed E-state index contributed by atoms with van der Waals surface area (Å²) < 4.78 is 0.974. The number of aromatic carboxylic acids is 1. The molecule has 0 spiro atoms. The van der Waals surface area contributed by atoms with E-state index in [1.807, 2.05) is 11.4 Å². The molecule has 2 aromatic rings. The monoisotopic (exact) mass is 333 g/mol. The van der Waals surface area contributed by atoms with Crippen molar-refractivity contribution >= 4 is 44.9 Å². The fourth-order valence-corrected chi connectivity index (χ4v) is 2.89. The molecule has 1 aromatic heterocycles. The van der Waals surface area contributed by atoms with Crippen LogP contribution in [0.15, 0.2) is 40.2 Å². The number of rotatable bonds is 3. The van der Waals surface area contributed by atoms with E-state index in [1.54, 1.807) is 18.2 Å². The summed E-state index contributed by atoms with van der Waals surface area (Å²) in [5.41, 5.74) is 1.42. The summed E-state index contributed by atoms with van der Waals surface area (Å²) >= 11 is 4.89. The Morgan fingerprint density at radius 2 is 1.95 bits per heavy atom. The zero-order valence-electron chi connectivity index (χ0n) is 9.63. The number of hydrogen-bond donors (Lipinski definition) is 1. The Morgan fingerprint density at radius 3 is 2.42 bits per heavy atom. The fourth-order valence-electron chi connectivity index (χ4n) is 1.52. The first-order chi connectivity index (χ1) is 9.10. The first kappa shape index (κ1) is 13.5. The van der Waals surface area contributed by atoms with Gasteiger partial charge in [-0.3, -0.25) is 0 Å². The number of benzene rings is 1. The van der Waals surface area contributed by atoms with Crippen molar-refractivity contribution in [1.29, 1.82) is 5.26 Å². The molecule has 1 aromatic carbocycles. The van der Waals surface area contributed by atoms with Crippen molar-refractivity contribution in [3.8, 4) is 6.07 Å². The Bertz CT molecular complexity index is 680. The first-order valence-electron chi connectivity index (χ1n) is 5.29. The summed E-state index contributed by atoms with van der Waals surface area (Å²) in [4.78, 5) is 11.7. The maximum absolute atomic E-state index is 10.8. The van der Waals surface area contributed by atoms with Gasteiger partial charge >= 0.3 is 5.97 Å². The van der Waals surface area contributed by atoms with Crippen LogP contribution in [-0.4, -0.2) is 11.1 Å². The summed E-state index contributed by atoms with van der Waals surface area (Å²) in [7, 11) is 0. The maximum Gasteiger partial charge on any atom is 0.335 e. The molecule has 94 valence electrons. The summed E-state index contributed by atoms with van der Waals surface area (Å²) in [5, 5.41) is 19.9. The van der Waals surface area contributed by atoms with Crippen LogP contribution in [0.2, 0.25) is 0 Å². The second-order valence-electron chi connectivity index (χ2n) is 3.72. The van der Waals surface area contributed by atoms with Crippen LogP contribution in [0.1, 0.15) is 20.8 Å². The molecule has 0 saturated heterocycles. The molecule has 0 radical (unpaired) electrons. The van der Waals surface area contributed by atoms with E-state index >= 15 is 0 Å². The molecule has 0 atom stereocenters. The number of carbonyl (C=O) groups is 1. The van der Waals surface area contributed by atoms with Crippen molar-refractivity contribution in [3.05, 3.63) is 56.2 Å². The standard InChI is InChI=1S/C14H8BrNO2S/c15-12-6-13(19-8-12)5-11(7-16)9-1-3-10(4-2-9)14(17)18/h1-6,8H,(H,17,18). The second kappa shape index (κ2) is 5.83. The maximum atomic E-state index is 10.8. The lowest BCUT2D eigenvalue weighted by Crippen LogP contribution is -1.95. The average molecular weight is 334 g/mol. The summed E-state index contributed by atoms with van der Waals surface area (Å²) in [6.45, 7) is 0. The highest BCUT2D eigenvalue weighted by Gasteiger charge is 2.05. The van der Waals surface area contributed by atoms with Crippen LogP contribution in [0, 0.1) is 11.3 Å². The Kier molecular flexibility index (Phi) is 4.15. The lowest BCUT2D eigenvalue weighted by molar-refractivity contribution is 0.0697. The highest BCUT2D eigenvalue weighted by Crippen LogP contribution is 2.25. The number of carboxylic acids is 1. The van der Waals surface area contributed by atoms with Crippen LogP contribution in [0.3, 0.4) is 0 Å². The largest absolute Gasteiger partial charge is 0.478 e. The third-order valence-corrected chi connectivity index (χ3v) is 4.08. The minimum atomic E-state index is -0.976.